The minimum atomic E-state index is -0.539. The molecule has 0 fully saturated rings. The monoisotopic (exact) mass is 411 g/mol. The number of esters is 1. The lowest BCUT2D eigenvalue weighted by Gasteiger charge is -2.10. The van der Waals surface area contributed by atoms with E-state index < -0.39 is 11.9 Å². The zero-order valence-corrected chi connectivity index (χ0v) is 16.5. The van der Waals surface area contributed by atoms with E-state index in [1.807, 2.05) is 0 Å². The van der Waals surface area contributed by atoms with Crippen molar-refractivity contribution in [2.75, 3.05) is 19.0 Å². The first kappa shape index (κ1) is 20.3. The Labute approximate surface area is 172 Å². The smallest absolute Gasteiger partial charge is 0.325 e. The molecule has 0 aliphatic rings. The normalized spacial score (nSPS) is 10.4. The highest BCUT2D eigenvalue weighted by Gasteiger charge is 2.13. The van der Waals surface area contributed by atoms with Crippen molar-refractivity contribution in [3.05, 3.63) is 70.4 Å². The molecule has 7 nitrogen and oxygen atoms in total. The zero-order chi connectivity index (χ0) is 21.0. The van der Waals surface area contributed by atoms with Gasteiger partial charge in [0.1, 0.15) is 6.54 Å². The molecule has 0 aliphatic carbocycles. The number of nitrogens with zero attached hydrogens (tertiary/aromatic N) is 1. The fourth-order valence-corrected chi connectivity index (χ4v) is 2.88. The van der Waals surface area contributed by atoms with Crippen LogP contribution in [-0.2, 0) is 9.53 Å². The maximum Gasteiger partial charge on any atom is 0.325 e. The minimum Gasteiger partial charge on any atom is -0.468 e. The molecular formula is C21H18ClN3O4. The summed E-state index contributed by atoms with van der Waals surface area (Å²) >= 11 is 6.02. The lowest BCUT2D eigenvalue weighted by molar-refractivity contribution is -0.139. The molecule has 29 heavy (non-hydrogen) atoms. The quantitative estimate of drug-likeness (QED) is 0.627. The largest absolute Gasteiger partial charge is 0.468 e. The molecule has 3 rings (SSSR count). The maximum atomic E-state index is 12.7. The average molecular weight is 412 g/mol. The molecule has 2 aromatic carbocycles. The molecule has 0 spiro atoms. The van der Waals surface area contributed by atoms with Gasteiger partial charge < -0.3 is 15.4 Å². The van der Waals surface area contributed by atoms with Gasteiger partial charge in [0.2, 0.25) is 0 Å². The van der Waals surface area contributed by atoms with Gasteiger partial charge in [0, 0.05) is 21.7 Å². The Morgan fingerprint density at radius 3 is 2.45 bits per heavy atom. The fraction of sp³-hybridized carbons (Fsp3) is 0.143. The number of carbonyl (C=O) groups is 3. The number of ether oxygens (including phenoxy) is 1. The number of nitrogens with one attached hydrogen (secondary N) is 2. The van der Waals surface area contributed by atoms with Crippen molar-refractivity contribution in [1.29, 1.82) is 0 Å². The van der Waals surface area contributed by atoms with Gasteiger partial charge in [0.15, 0.2) is 0 Å². The number of carbonyl (C=O) groups excluding carboxylic acids is 3. The second-order valence-electron chi connectivity index (χ2n) is 6.25. The second kappa shape index (κ2) is 8.70. The highest BCUT2D eigenvalue weighted by molar-refractivity contribution is 6.31. The molecule has 0 saturated carbocycles. The Morgan fingerprint density at radius 1 is 1.03 bits per heavy atom. The number of anilines is 1. The molecule has 0 aliphatic heterocycles. The van der Waals surface area contributed by atoms with E-state index in [1.165, 1.54) is 7.11 Å². The summed E-state index contributed by atoms with van der Waals surface area (Å²) < 4.78 is 4.47. The summed E-state index contributed by atoms with van der Waals surface area (Å²) in [6.45, 7) is 1.55. The number of halogens is 1. The first-order chi connectivity index (χ1) is 13.9. The molecule has 1 aromatic heterocycles. The van der Waals surface area contributed by atoms with E-state index in [1.54, 1.807) is 55.5 Å². The third kappa shape index (κ3) is 4.89. The Hall–Kier alpha value is -3.45. The molecule has 0 unspecified atom stereocenters. The first-order valence-corrected chi connectivity index (χ1v) is 9.08. The minimum absolute atomic E-state index is 0.216. The Balaban J connectivity index is 1.72. The van der Waals surface area contributed by atoms with E-state index >= 15 is 0 Å². The Morgan fingerprint density at radius 2 is 1.76 bits per heavy atom. The van der Waals surface area contributed by atoms with E-state index in [9.17, 15) is 14.4 Å². The van der Waals surface area contributed by atoms with Crippen LogP contribution >= 0.6 is 11.6 Å². The van der Waals surface area contributed by atoms with Crippen molar-refractivity contribution in [3.63, 3.8) is 0 Å². The van der Waals surface area contributed by atoms with Crippen LogP contribution in [0.2, 0.25) is 5.02 Å². The number of rotatable bonds is 5. The van der Waals surface area contributed by atoms with Gasteiger partial charge in [0.25, 0.3) is 11.8 Å². The van der Waals surface area contributed by atoms with Gasteiger partial charge in [-0.25, -0.2) is 0 Å². The van der Waals surface area contributed by atoms with Gasteiger partial charge >= 0.3 is 5.97 Å². The van der Waals surface area contributed by atoms with Crippen LogP contribution < -0.4 is 10.6 Å². The molecule has 3 aromatic rings. The number of hydrogen-bond acceptors (Lipinski definition) is 5. The molecule has 0 saturated heterocycles. The number of fused-ring (bicyclic) bond motifs is 1. The fourth-order valence-electron chi connectivity index (χ4n) is 2.70. The van der Waals surface area contributed by atoms with Crippen LogP contribution in [0.4, 0.5) is 5.69 Å². The summed E-state index contributed by atoms with van der Waals surface area (Å²) in [7, 11) is 1.24. The van der Waals surface area contributed by atoms with Crippen LogP contribution in [0, 0.1) is 6.92 Å². The van der Waals surface area contributed by atoms with Gasteiger partial charge in [-0.15, -0.1) is 0 Å². The summed E-state index contributed by atoms with van der Waals surface area (Å²) in [6.07, 6.45) is 0. The van der Waals surface area contributed by atoms with Crippen molar-refractivity contribution >= 4 is 46.0 Å². The average Bonchev–Trinajstić information content (AvgIpc) is 2.72. The zero-order valence-electron chi connectivity index (χ0n) is 15.8. The SMILES string of the molecule is COC(=O)CNC(=O)c1ccc(NC(=O)c2cc3cc(Cl)ccc3nc2C)cc1. The summed E-state index contributed by atoms with van der Waals surface area (Å²) in [5, 5.41) is 6.57. The summed E-state index contributed by atoms with van der Waals surface area (Å²) in [5.41, 5.74) is 2.65. The molecule has 0 bridgehead atoms. The molecule has 2 amide bonds. The van der Waals surface area contributed by atoms with Crippen LogP contribution in [0.25, 0.3) is 10.9 Å². The number of benzene rings is 2. The third-order valence-electron chi connectivity index (χ3n) is 4.24. The predicted molar refractivity (Wildman–Crippen MR) is 110 cm³/mol. The van der Waals surface area contributed by atoms with Crippen molar-refractivity contribution < 1.29 is 19.1 Å². The summed E-state index contributed by atoms with van der Waals surface area (Å²) in [5.74, 6) is -1.28. The summed E-state index contributed by atoms with van der Waals surface area (Å²) in [4.78, 5) is 40.2. The third-order valence-corrected chi connectivity index (χ3v) is 4.47. The van der Waals surface area contributed by atoms with E-state index in [0.717, 1.165) is 10.9 Å². The number of aromatic nitrogens is 1. The van der Waals surface area contributed by atoms with Gasteiger partial charge in [-0.1, -0.05) is 11.6 Å². The van der Waals surface area contributed by atoms with E-state index in [0.29, 0.717) is 27.5 Å². The highest BCUT2D eigenvalue weighted by atomic mass is 35.5. The molecule has 0 atom stereocenters. The summed E-state index contributed by atoms with van der Waals surface area (Å²) in [6, 6.07) is 13.4. The number of methoxy groups -OCH3 is 1. The molecule has 2 N–H and O–H groups in total. The van der Waals surface area contributed by atoms with Crippen molar-refractivity contribution in [2.45, 2.75) is 6.92 Å². The lowest BCUT2D eigenvalue weighted by atomic mass is 10.1. The van der Waals surface area contributed by atoms with Crippen LogP contribution in [-0.4, -0.2) is 36.4 Å². The molecule has 8 heteroatoms. The predicted octanol–water partition coefficient (Wildman–Crippen LogP) is 3.35. The van der Waals surface area contributed by atoms with Gasteiger partial charge in [0.05, 0.1) is 23.9 Å². The maximum absolute atomic E-state index is 12.7. The van der Waals surface area contributed by atoms with Gasteiger partial charge in [-0.3, -0.25) is 19.4 Å². The molecule has 1 heterocycles. The van der Waals surface area contributed by atoms with Crippen molar-refractivity contribution in [1.82, 2.24) is 10.3 Å². The van der Waals surface area contributed by atoms with Gasteiger partial charge in [-0.05, 0) is 55.5 Å². The van der Waals surface area contributed by atoms with E-state index in [4.69, 9.17) is 11.6 Å². The van der Waals surface area contributed by atoms with Crippen LogP contribution in [0.15, 0.2) is 48.5 Å². The lowest BCUT2D eigenvalue weighted by Crippen LogP contribution is -2.30. The highest BCUT2D eigenvalue weighted by Crippen LogP contribution is 2.21. The number of amides is 2. The Bertz CT molecular complexity index is 1100. The number of pyridine rings is 1. The second-order valence-corrected chi connectivity index (χ2v) is 6.69. The van der Waals surface area contributed by atoms with Crippen molar-refractivity contribution in [2.24, 2.45) is 0 Å². The first-order valence-electron chi connectivity index (χ1n) is 8.70. The van der Waals surface area contributed by atoms with E-state index in [2.05, 4.69) is 20.4 Å². The molecule has 148 valence electrons. The number of aryl methyl sites for hydroxylation is 1. The molecular weight excluding hydrogens is 394 g/mol. The molecule has 0 radical (unpaired) electrons. The van der Waals surface area contributed by atoms with Crippen LogP contribution in [0.3, 0.4) is 0 Å². The van der Waals surface area contributed by atoms with E-state index in [-0.39, 0.29) is 12.5 Å². The topological polar surface area (TPSA) is 97.4 Å². The van der Waals surface area contributed by atoms with Gasteiger partial charge in [-0.2, -0.15) is 0 Å². The number of hydrogen-bond donors (Lipinski definition) is 2. The Kier molecular flexibility index (Phi) is 6.09. The standard InChI is InChI=1S/C21H18ClN3O4/c1-12-17(10-14-9-15(22)5-8-18(14)24-12)21(28)25-16-6-3-13(4-7-16)20(27)23-11-19(26)29-2/h3-10H,11H2,1-2H3,(H,23,27)(H,25,28). The van der Waals surface area contributed by atoms with Crippen molar-refractivity contribution in [3.8, 4) is 0 Å². The van der Waals surface area contributed by atoms with Crippen LogP contribution in [0.5, 0.6) is 0 Å². The van der Waals surface area contributed by atoms with Crippen LogP contribution in [0.1, 0.15) is 26.4 Å².